The van der Waals surface area contributed by atoms with Gasteiger partial charge in [0.2, 0.25) is 0 Å². The molecule has 19 heavy (non-hydrogen) atoms. The molecule has 0 atom stereocenters. The Balaban J connectivity index is 1.88. The van der Waals surface area contributed by atoms with Gasteiger partial charge in [0.1, 0.15) is 6.07 Å². The minimum atomic E-state index is 0.324. The van der Waals surface area contributed by atoms with E-state index >= 15 is 0 Å². The molecule has 5 nitrogen and oxygen atoms in total. The molecule has 0 spiro atoms. The van der Waals surface area contributed by atoms with Crippen LogP contribution >= 0.6 is 0 Å². The van der Waals surface area contributed by atoms with Crippen LogP contribution in [0.5, 0.6) is 0 Å². The summed E-state index contributed by atoms with van der Waals surface area (Å²) in [6.07, 6.45) is 6.65. The number of piperidine rings is 1. The number of nitrogens with zero attached hydrogens (tertiary/aromatic N) is 3. The van der Waals surface area contributed by atoms with E-state index in [4.69, 9.17) is 15.7 Å². The Morgan fingerprint density at radius 1 is 1.47 bits per heavy atom. The third kappa shape index (κ3) is 3.66. The lowest BCUT2D eigenvalue weighted by molar-refractivity contribution is 0.0366. The van der Waals surface area contributed by atoms with E-state index in [1.54, 1.807) is 18.5 Å². The van der Waals surface area contributed by atoms with Crippen LogP contribution in [-0.4, -0.2) is 37.3 Å². The highest BCUT2D eigenvalue weighted by molar-refractivity contribution is 5.57. The van der Waals surface area contributed by atoms with Crippen molar-refractivity contribution >= 4 is 5.69 Å². The first-order valence-corrected chi connectivity index (χ1v) is 6.76. The zero-order valence-corrected chi connectivity index (χ0v) is 11.1. The number of pyridine rings is 1. The summed E-state index contributed by atoms with van der Waals surface area (Å²) in [6.45, 7) is 3.25. The van der Waals surface area contributed by atoms with Crippen molar-refractivity contribution in [1.29, 1.82) is 5.26 Å². The second kappa shape index (κ2) is 7.07. The molecule has 1 saturated heterocycles. The van der Waals surface area contributed by atoms with Crippen LogP contribution in [0, 0.1) is 11.3 Å². The molecule has 1 aromatic heterocycles. The lowest BCUT2D eigenvalue weighted by Gasteiger charge is -2.33. The molecule has 1 aliphatic heterocycles. The average Bonchev–Trinajstić information content (AvgIpc) is 2.48. The van der Waals surface area contributed by atoms with E-state index in [0.29, 0.717) is 18.2 Å². The van der Waals surface area contributed by atoms with Gasteiger partial charge in [-0.2, -0.15) is 5.26 Å². The summed E-state index contributed by atoms with van der Waals surface area (Å²) in [5.74, 6) is 0. The molecule has 2 heterocycles. The number of nitrogens with two attached hydrogens (primary N) is 1. The van der Waals surface area contributed by atoms with Gasteiger partial charge in [0.05, 0.1) is 23.6 Å². The maximum atomic E-state index is 9.10. The Morgan fingerprint density at radius 3 is 2.95 bits per heavy atom. The summed E-state index contributed by atoms with van der Waals surface area (Å²) in [4.78, 5) is 6.33. The predicted octanol–water partition coefficient (Wildman–Crippen LogP) is 1.29. The summed E-state index contributed by atoms with van der Waals surface area (Å²) in [5, 5.41) is 9.10. The molecule has 1 fully saturated rings. The molecule has 0 amide bonds. The summed E-state index contributed by atoms with van der Waals surface area (Å²) in [6, 6.07) is 3.98. The van der Waals surface area contributed by atoms with Crippen molar-refractivity contribution in [2.75, 3.05) is 31.1 Å². The quantitative estimate of drug-likeness (QED) is 0.807. The Labute approximate surface area is 114 Å². The van der Waals surface area contributed by atoms with Crippen molar-refractivity contribution in [3.05, 3.63) is 24.0 Å². The number of aromatic nitrogens is 1. The Kier molecular flexibility index (Phi) is 5.13. The van der Waals surface area contributed by atoms with E-state index in [-0.39, 0.29) is 0 Å². The second-order valence-corrected chi connectivity index (χ2v) is 4.70. The van der Waals surface area contributed by atoms with E-state index in [9.17, 15) is 0 Å². The average molecular weight is 260 g/mol. The first kappa shape index (κ1) is 13.8. The van der Waals surface area contributed by atoms with Crippen LogP contribution in [0.4, 0.5) is 5.69 Å². The summed E-state index contributed by atoms with van der Waals surface area (Å²) in [5.41, 5.74) is 7.08. The van der Waals surface area contributed by atoms with E-state index in [0.717, 1.165) is 44.6 Å². The van der Waals surface area contributed by atoms with Gasteiger partial charge in [-0.05, 0) is 31.9 Å². The second-order valence-electron chi connectivity index (χ2n) is 4.70. The zero-order valence-electron chi connectivity index (χ0n) is 11.1. The van der Waals surface area contributed by atoms with Crippen molar-refractivity contribution in [3.63, 3.8) is 0 Å². The van der Waals surface area contributed by atoms with Gasteiger partial charge in [0.25, 0.3) is 0 Å². The van der Waals surface area contributed by atoms with Crippen molar-refractivity contribution in [2.24, 2.45) is 5.73 Å². The number of nitriles is 1. The van der Waals surface area contributed by atoms with Crippen molar-refractivity contribution in [1.82, 2.24) is 4.98 Å². The lowest BCUT2D eigenvalue weighted by Crippen LogP contribution is -2.37. The topological polar surface area (TPSA) is 75.2 Å². The maximum absolute atomic E-state index is 9.10. The fraction of sp³-hybridized carbons (Fsp3) is 0.571. The minimum Gasteiger partial charge on any atom is -0.378 e. The highest BCUT2D eigenvalue weighted by atomic mass is 16.5. The smallest absolute Gasteiger partial charge is 0.101 e. The van der Waals surface area contributed by atoms with Gasteiger partial charge in [-0.3, -0.25) is 4.98 Å². The molecule has 0 aliphatic carbocycles. The Bertz CT molecular complexity index is 435. The van der Waals surface area contributed by atoms with Gasteiger partial charge in [0.15, 0.2) is 0 Å². The summed E-state index contributed by atoms with van der Waals surface area (Å²) >= 11 is 0. The van der Waals surface area contributed by atoms with Gasteiger partial charge >= 0.3 is 0 Å². The SMILES string of the molecule is N#Cc1ccncc1N1CCC(OCCCN)CC1. The third-order valence-electron chi connectivity index (χ3n) is 3.41. The monoisotopic (exact) mass is 260 g/mol. The van der Waals surface area contributed by atoms with E-state index < -0.39 is 0 Å². The number of ether oxygens (including phenoxy) is 1. The number of hydrogen-bond acceptors (Lipinski definition) is 5. The highest BCUT2D eigenvalue weighted by Crippen LogP contribution is 2.23. The van der Waals surface area contributed by atoms with Gasteiger partial charge in [-0.1, -0.05) is 0 Å². The molecular formula is C14H20N4O. The standard InChI is InChI=1S/C14H20N4O/c15-5-1-9-19-13-3-7-18(8-4-13)14-11-17-6-2-12(14)10-16/h2,6,11,13H,1,3-5,7-9,15H2. The number of hydrogen-bond donors (Lipinski definition) is 1. The molecule has 0 saturated carbocycles. The molecule has 0 bridgehead atoms. The van der Waals surface area contributed by atoms with Crippen LogP contribution < -0.4 is 10.6 Å². The van der Waals surface area contributed by atoms with E-state index in [1.807, 2.05) is 0 Å². The molecule has 102 valence electrons. The minimum absolute atomic E-state index is 0.324. The van der Waals surface area contributed by atoms with Gasteiger partial charge < -0.3 is 15.4 Å². The molecule has 2 N–H and O–H groups in total. The van der Waals surface area contributed by atoms with Crippen LogP contribution in [0.3, 0.4) is 0 Å². The molecule has 0 unspecified atom stereocenters. The molecule has 1 aromatic rings. The first-order valence-electron chi connectivity index (χ1n) is 6.76. The van der Waals surface area contributed by atoms with Gasteiger partial charge in [-0.25, -0.2) is 0 Å². The highest BCUT2D eigenvalue weighted by Gasteiger charge is 2.21. The van der Waals surface area contributed by atoms with Crippen molar-refractivity contribution < 1.29 is 4.74 Å². The van der Waals surface area contributed by atoms with E-state index in [1.165, 1.54) is 0 Å². The molecular weight excluding hydrogens is 240 g/mol. The lowest BCUT2D eigenvalue weighted by atomic mass is 10.1. The van der Waals surface area contributed by atoms with Gasteiger partial charge in [-0.15, -0.1) is 0 Å². The third-order valence-corrected chi connectivity index (χ3v) is 3.41. The van der Waals surface area contributed by atoms with Crippen molar-refractivity contribution in [3.8, 4) is 6.07 Å². The zero-order chi connectivity index (χ0) is 13.5. The molecule has 0 radical (unpaired) electrons. The van der Waals surface area contributed by atoms with Crippen LogP contribution in [-0.2, 0) is 4.74 Å². The fourth-order valence-electron chi connectivity index (χ4n) is 2.33. The fourth-order valence-corrected chi connectivity index (χ4v) is 2.33. The largest absolute Gasteiger partial charge is 0.378 e. The maximum Gasteiger partial charge on any atom is 0.101 e. The first-order chi connectivity index (χ1) is 9.35. The Hall–Kier alpha value is -1.64. The summed E-state index contributed by atoms with van der Waals surface area (Å²) < 4.78 is 5.78. The number of rotatable bonds is 5. The number of anilines is 1. The Morgan fingerprint density at radius 2 is 2.26 bits per heavy atom. The van der Waals surface area contributed by atoms with Crippen LogP contribution in [0.25, 0.3) is 0 Å². The van der Waals surface area contributed by atoms with Crippen molar-refractivity contribution in [2.45, 2.75) is 25.4 Å². The van der Waals surface area contributed by atoms with Crippen LogP contribution in [0.2, 0.25) is 0 Å². The van der Waals surface area contributed by atoms with Gasteiger partial charge in [0, 0.05) is 25.9 Å². The van der Waals surface area contributed by atoms with E-state index in [2.05, 4.69) is 16.0 Å². The predicted molar refractivity (Wildman–Crippen MR) is 73.8 cm³/mol. The van der Waals surface area contributed by atoms with Crippen LogP contribution in [0.15, 0.2) is 18.5 Å². The summed E-state index contributed by atoms with van der Waals surface area (Å²) in [7, 11) is 0. The molecule has 0 aromatic carbocycles. The molecule has 1 aliphatic rings. The molecule has 5 heteroatoms. The normalized spacial score (nSPS) is 16.3. The van der Waals surface area contributed by atoms with Crippen LogP contribution in [0.1, 0.15) is 24.8 Å². The molecule has 2 rings (SSSR count).